The minimum Gasteiger partial charge on any atom is -0.478 e. The Morgan fingerprint density at radius 1 is 1.44 bits per heavy atom. The van der Waals surface area contributed by atoms with E-state index in [0.29, 0.717) is 26.2 Å². The first-order valence-electron chi connectivity index (χ1n) is 6.89. The zero-order valence-corrected chi connectivity index (χ0v) is 17.3. The fourth-order valence-corrected chi connectivity index (χ4v) is 3.72. The van der Waals surface area contributed by atoms with Crippen molar-refractivity contribution in [3.8, 4) is 0 Å². The van der Waals surface area contributed by atoms with Gasteiger partial charge in [0.2, 0.25) is 0 Å². The molecule has 1 fully saturated rings. The van der Waals surface area contributed by atoms with E-state index >= 15 is 0 Å². The van der Waals surface area contributed by atoms with E-state index in [-0.39, 0.29) is 11.5 Å². The molecule has 1 N–H and O–H groups in total. The molecule has 3 rings (SSSR count). The summed E-state index contributed by atoms with van der Waals surface area (Å²) in [4.78, 5) is 29.7. The second-order valence-electron chi connectivity index (χ2n) is 5.00. The fourth-order valence-electron chi connectivity index (χ4n) is 2.03. The lowest BCUT2D eigenvalue weighted by Crippen LogP contribution is -2.23. The van der Waals surface area contributed by atoms with Crippen LogP contribution >= 0.6 is 50.3 Å². The Morgan fingerprint density at radius 2 is 2.20 bits per heavy atom. The molecule has 1 aromatic carbocycles. The molecular formula is C16H10BrIN2O4S. The van der Waals surface area contributed by atoms with Crippen molar-refractivity contribution in [3.63, 3.8) is 0 Å². The molecule has 0 bridgehead atoms. The number of carbonyl (C=O) groups is 2. The van der Waals surface area contributed by atoms with Gasteiger partial charge in [0.15, 0.2) is 9.84 Å². The highest BCUT2D eigenvalue weighted by Crippen LogP contribution is 2.34. The normalized spacial score (nSPS) is 17.7. The van der Waals surface area contributed by atoms with Crippen LogP contribution in [0.2, 0.25) is 0 Å². The lowest BCUT2D eigenvalue weighted by atomic mass is 10.2. The largest absolute Gasteiger partial charge is 0.478 e. The number of amides is 1. The Bertz CT molecular complexity index is 918. The van der Waals surface area contributed by atoms with Crippen LogP contribution in [-0.2, 0) is 4.79 Å². The highest BCUT2D eigenvalue weighted by molar-refractivity contribution is 14.1. The van der Waals surface area contributed by atoms with Crippen molar-refractivity contribution >= 4 is 79.1 Å². The number of hydrogen-bond donors (Lipinski definition) is 1. The van der Waals surface area contributed by atoms with Crippen LogP contribution in [-0.4, -0.2) is 34.1 Å². The van der Waals surface area contributed by atoms with E-state index < -0.39 is 5.97 Å². The predicted octanol–water partition coefficient (Wildman–Crippen LogP) is 4.58. The van der Waals surface area contributed by atoms with Crippen LogP contribution in [0.15, 0.2) is 49.3 Å². The first-order valence-corrected chi connectivity index (χ1v) is 9.58. The van der Waals surface area contributed by atoms with Gasteiger partial charge in [0.1, 0.15) is 5.76 Å². The molecule has 0 spiro atoms. The van der Waals surface area contributed by atoms with Crippen LogP contribution in [0.1, 0.15) is 16.1 Å². The first-order chi connectivity index (χ1) is 11.8. The second kappa shape index (κ2) is 7.34. The Kier molecular flexibility index (Phi) is 5.35. The predicted molar refractivity (Wildman–Crippen MR) is 108 cm³/mol. The maximum atomic E-state index is 12.4. The van der Waals surface area contributed by atoms with Crippen LogP contribution in [0.5, 0.6) is 0 Å². The molecule has 0 unspecified atom stereocenters. The average Bonchev–Trinajstić information content (AvgIpc) is 3.02. The van der Waals surface area contributed by atoms with Gasteiger partial charge in [-0.25, -0.2) is 9.79 Å². The van der Waals surface area contributed by atoms with Crippen LogP contribution in [0, 0.1) is 3.57 Å². The molecule has 1 aliphatic rings. The Labute approximate surface area is 169 Å². The summed E-state index contributed by atoms with van der Waals surface area (Å²) in [5.41, 5.74) is 0.614. The van der Waals surface area contributed by atoms with Crippen molar-refractivity contribution in [2.24, 2.45) is 4.99 Å². The molecule has 0 aliphatic carbocycles. The molecule has 0 saturated carbocycles. The minimum absolute atomic E-state index is 0.143. The van der Waals surface area contributed by atoms with Gasteiger partial charge in [-0.3, -0.25) is 9.69 Å². The van der Waals surface area contributed by atoms with E-state index in [1.54, 1.807) is 25.3 Å². The zero-order valence-electron chi connectivity index (χ0n) is 12.7. The first kappa shape index (κ1) is 18.2. The number of amidine groups is 1. The molecule has 2 aromatic rings. The zero-order chi connectivity index (χ0) is 18.1. The van der Waals surface area contributed by atoms with E-state index in [1.165, 1.54) is 28.8 Å². The number of carbonyl (C=O) groups excluding carboxylic acids is 1. The summed E-state index contributed by atoms with van der Waals surface area (Å²) in [6.45, 7) is 0. The van der Waals surface area contributed by atoms with E-state index in [4.69, 9.17) is 9.52 Å². The lowest BCUT2D eigenvalue weighted by Gasteiger charge is -2.07. The van der Waals surface area contributed by atoms with Crippen molar-refractivity contribution in [3.05, 3.63) is 54.8 Å². The van der Waals surface area contributed by atoms with Crippen LogP contribution in [0.25, 0.3) is 6.08 Å². The van der Waals surface area contributed by atoms with E-state index in [1.807, 2.05) is 6.07 Å². The Morgan fingerprint density at radius 3 is 2.84 bits per heavy atom. The molecular weight excluding hydrogens is 523 g/mol. The van der Waals surface area contributed by atoms with Crippen molar-refractivity contribution in [2.75, 3.05) is 7.05 Å². The van der Waals surface area contributed by atoms with Crippen molar-refractivity contribution < 1.29 is 19.1 Å². The van der Waals surface area contributed by atoms with Gasteiger partial charge in [0, 0.05) is 13.1 Å². The average molecular weight is 533 g/mol. The van der Waals surface area contributed by atoms with Crippen LogP contribution in [0.4, 0.5) is 5.69 Å². The van der Waals surface area contributed by atoms with Crippen LogP contribution in [0.3, 0.4) is 0 Å². The number of aliphatic imine (C=N–C) groups is 1. The highest BCUT2D eigenvalue weighted by Gasteiger charge is 2.30. The molecule has 0 radical (unpaired) electrons. The number of furan rings is 1. The maximum absolute atomic E-state index is 12.4. The van der Waals surface area contributed by atoms with Crippen LogP contribution < -0.4 is 0 Å². The number of benzene rings is 1. The van der Waals surface area contributed by atoms with Crippen molar-refractivity contribution in [1.29, 1.82) is 0 Å². The monoisotopic (exact) mass is 532 g/mol. The van der Waals surface area contributed by atoms with Gasteiger partial charge in [0.25, 0.3) is 5.91 Å². The molecule has 1 aliphatic heterocycles. The molecule has 25 heavy (non-hydrogen) atoms. The van der Waals surface area contributed by atoms with Crippen molar-refractivity contribution in [2.45, 2.75) is 0 Å². The van der Waals surface area contributed by atoms with Gasteiger partial charge in [-0.05, 0) is 74.5 Å². The van der Waals surface area contributed by atoms with Gasteiger partial charge < -0.3 is 9.52 Å². The number of likely N-dealkylation sites (N-methyl/N-ethyl adjacent to an activating group) is 1. The molecule has 0 atom stereocenters. The summed E-state index contributed by atoms with van der Waals surface area (Å²) in [7, 11) is 1.62. The molecule has 128 valence electrons. The second-order valence-corrected chi connectivity index (χ2v) is 7.89. The summed E-state index contributed by atoms with van der Waals surface area (Å²) in [6, 6.07) is 8.07. The molecule has 1 amide bonds. The third-order valence-corrected chi connectivity index (χ3v) is 6.45. The van der Waals surface area contributed by atoms with Gasteiger partial charge in [-0.1, -0.05) is 6.07 Å². The summed E-state index contributed by atoms with van der Waals surface area (Å²) in [5.74, 6) is -0.653. The number of nitrogens with zero attached hydrogens (tertiary/aromatic N) is 2. The van der Waals surface area contributed by atoms with Gasteiger partial charge in [-0.15, -0.1) is 0 Å². The Balaban J connectivity index is 1.90. The van der Waals surface area contributed by atoms with Gasteiger partial charge in [0.05, 0.1) is 19.7 Å². The number of halogens is 2. The summed E-state index contributed by atoms with van der Waals surface area (Å²) < 4.78 is 7.02. The molecule has 6 nitrogen and oxygen atoms in total. The highest BCUT2D eigenvalue weighted by atomic mass is 127. The van der Waals surface area contributed by atoms with E-state index in [9.17, 15) is 9.59 Å². The third kappa shape index (κ3) is 3.98. The molecule has 2 heterocycles. The van der Waals surface area contributed by atoms with Gasteiger partial charge in [-0.2, -0.15) is 0 Å². The SMILES string of the molecule is CN1C(=O)/C(=C/c2cc(I)c(Br)o2)SC1=Nc1cccc(C(=O)O)c1. The number of carboxylic acid groups (broad SMARTS) is 1. The summed E-state index contributed by atoms with van der Waals surface area (Å²) in [5, 5.41) is 9.52. The summed E-state index contributed by atoms with van der Waals surface area (Å²) in [6.07, 6.45) is 1.66. The maximum Gasteiger partial charge on any atom is 0.335 e. The minimum atomic E-state index is -1.02. The number of rotatable bonds is 3. The van der Waals surface area contributed by atoms with E-state index in [2.05, 4.69) is 43.5 Å². The smallest absolute Gasteiger partial charge is 0.335 e. The van der Waals surface area contributed by atoms with Crippen molar-refractivity contribution in [1.82, 2.24) is 4.90 Å². The third-order valence-electron chi connectivity index (χ3n) is 3.26. The summed E-state index contributed by atoms with van der Waals surface area (Å²) >= 11 is 6.62. The molecule has 9 heteroatoms. The van der Waals surface area contributed by atoms with E-state index in [0.717, 1.165) is 3.57 Å². The fraction of sp³-hybridized carbons (Fsp3) is 0.0625. The molecule has 1 aromatic heterocycles. The number of carboxylic acids is 1. The number of thioether (sulfide) groups is 1. The van der Waals surface area contributed by atoms with Gasteiger partial charge >= 0.3 is 5.97 Å². The number of aromatic carboxylic acids is 1. The standard InChI is InChI=1S/C16H10BrIN2O4S/c1-20-14(21)12(7-10-6-11(18)13(17)24-10)25-16(20)19-9-4-2-3-8(5-9)15(22)23/h2-7H,1H3,(H,22,23)/b12-7-,19-16?. The Hall–Kier alpha value is -1.59. The lowest BCUT2D eigenvalue weighted by molar-refractivity contribution is -0.121. The number of hydrogen-bond acceptors (Lipinski definition) is 5. The molecule has 1 saturated heterocycles. The quantitative estimate of drug-likeness (QED) is 0.462. The topological polar surface area (TPSA) is 83.1 Å².